The van der Waals surface area contributed by atoms with Crippen molar-refractivity contribution in [2.75, 3.05) is 44.7 Å². The lowest BCUT2D eigenvalue weighted by Gasteiger charge is -2.31. The van der Waals surface area contributed by atoms with Gasteiger partial charge in [-0.3, -0.25) is 10.1 Å². The molecule has 2 amide bonds. The van der Waals surface area contributed by atoms with Crippen molar-refractivity contribution in [1.82, 2.24) is 10.2 Å². The van der Waals surface area contributed by atoms with E-state index in [1.54, 1.807) is 0 Å². The Kier molecular flexibility index (Phi) is 10.4. The predicted octanol–water partition coefficient (Wildman–Crippen LogP) is 5.55. The highest BCUT2D eigenvalue weighted by Gasteiger charge is 2.23. The van der Waals surface area contributed by atoms with E-state index in [0.29, 0.717) is 32.7 Å². The topological polar surface area (TPSA) is 89.1 Å². The summed E-state index contributed by atoms with van der Waals surface area (Å²) in [4.78, 5) is 27.3. The summed E-state index contributed by atoms with van der Waals surface area (Å²) in [6, 6.07) is 26.0. The fourth-order valence-electron chi connectivity index (χ4n) is 5.26. The maximum atomic E-state index is 12.6. The first-order valence-corrected chi connectivity index (χ1v) is 14.6. The first-order chi connectivity index (χ1) is 20.1. The lowest BCUT2D eigenvalue weighted by atomic mass is 10.0. The maximum absolute atomic E-state index is 12.6. The van der Waals surface area contributed by atoms with Gasteiger partial charge >= 0.3 is 6.09 Å². The molecule has 8 nitrogen and oxygen atoms in total. The van der Waals surface area contributed by atoms with Gasteiger partial charge in [-0.1, -0.05) is 72.8 Å². The summed E-state index contributed by atoms with van der Waals surface area (Å²) >= 11 is 0. The van der Waals surface area contributed by atoms with Gasteiger partial charge in [-0.05, 0) is 42.9 Å². The van der Waals surface area contributed by atoms with Gasteiger partial charge in [0.05, 0.1) is 18.9 Å². The second kappa shape index (κ2) is 14.8. The van der Waals surface area contributed by atoms with Crippen LogP contribution < -0.4 is 10.6 Å². The average Bonchev–Trinajstić information content (AvgIpc) is 3.55. The van der Waals surface area contributed by atoms with E-state index in [9.17, 15) is 9.59 Å². The number of carbonyl (C=O) groups excluding carboxylic acids is 2. The van der Waals surface area contributed by atoms with E-state index in [1.807, 2.05) is 54.6 Å². The number of nitrogens with zero attached hydrogens (tertiary/aromatic N) is 1. The molecule has 2 saturated heterocycles. The van der Waals surface area contributed by atoms with Gasteiger partial charge in [0, 0.05) is 43.7 Å². The molecule has 0 aliphatic carbocycles. The molecule has 3 aromatic carbocycles. The van der Waals surface area contributed by atoms with E-state index in [4.69, 9.17) is 14.2 Å². The van der Waals surface area contributed by atoms with Crippen LogP contribution in [0.15, 0.2) is 78.9 Å². The Bertz CT molecular complexity index is 1250. The SMILES string of the molecule is O=C(CCN1CCC(OC(=O)Nc2ccccc2-c2ccccc2)CC1)NCCCc1ccc(C2OCCO2)cc1. The van der Waals surface area contributed by atoms with Gasteiger partial charge in [-0.15, -0.1) is 0 Å². The van der Waals surface area contributed by atoms with Gasteiger partial charge in [0.1, 0.15) is 6.10 Å². The number of aryl methyl sites for hydroxylation is 1. The highest BCUT2D eigenvalue weighted by Crippen LogP contribution is 2.28. The number of rotatable bonds is 11. The summed E-state index contributed by atoms with van der Waals surface area (Å²) in [5, 5.41) is 5.96. The van der Waals surface area contributed by atoms with Crippen molar-refractivity contribution < 1.29 is 23.8 Å². The number of amides is 2. The molecule has 0 spiro atoms. The standard InChI is InChI=1S/C33H39N3O5/c37-31(34-19-6-7-25-12-14-27(15-13-25)32-39-23-24-40-32)18-22-36-20-16-28(17-21-36)41-33(38)35-30-11-5-4-10-29(30)26-8-2-1-3-9-26/h1-5,8-15,28,32H,6-7,16-24H2,(H,34,37)(H,35,38). The molecule has 0 saturated carbocycles. The number of benzene rings is 3. The lowest BCUT2D eigenvalue weighted by molar-refractivity contribution is -0.121. The summed E-state index contributed by atoms with van der Waals surface area (Å²) in [5.74, 6) is 0.0747. The number of anilines is 1. The molecule has 0 unspecified atom stereocenters. The molecule has 2 heterocycles. The molecule has 5 rings (SSSR count). The fraction of sp³-hybridized carbons (Fsp3) is 0.394. The summed E-state index contributed by atoms with van der Waals surface area (Å²) in [6.45, 7) is 4.26. The summed E-state index contributed by atoms with van der Waals surface area (Å²) in [6.07, 6.45) is 2.98. The Hall–Kier alpha value is -3.72. The summed E-state index contributed by atoms with van der Waals surface area (Å²) in [5.41, 5.74) is 5.01. The molecule has 2 N–H and O–H groups in total. The Morgan fingerprint density at radius 1 is 0.878 bits per heavy atom. The monoisotopic (exact) mass is 557 g/mol. The number of ether oxygens (including phenoxy) is 3. The van der Waals surface area contributed by atoms with Crippen molar-refractivity contribution >= 4 is 17.7 Å². The molecular formula is C33H39N3O5. The zero-order chi connectivity index (χ0) is 28.3. The zero-order valence-corrected chi connectivity index (χ0v) is 23.4. The van der Waals surface area contributed by atoms with Gasteiger partial charge in [-0.25, -0.2) is 4.79 Å². The van der Waals surface area contributed by atoms with E-state index in [-0.39, 0.29) is 18.3 Å². The van der Waals surface area contributed by atoms with Crippen molar-refractivity contribution in [1.29, 1.82) is 0 Å². The number of hydrogen-bond donors (Lipinski definition) is 2. The number of hydrogen-bond acceptors (Lipinski definition) is 6. The highest BCUT2D eigenvalue weighted by atomic mass is 16.7. The Labute approximate surface area is 242 Å². The Morgan fingerprint density at radius 3 is 2.34 bits per heavy atom. The van der Waals surface area contributed by atoms with Crippen LogP contribution in [0.3, 0.4) is 0 Å². The molecule has 2 fully saturated rings. The van der Waals surface area contributed by atoms with Crippen molar-refractivity contribution in [2.24, 2.45) is 0 Å². The molecule has 8 heteroatoms. The molecule has 216 valence electrons. The van der Waals surface area contributed by atoms with Gasteiger partial charge in [-0.2, -0.15) is 0 Å². The van der Waals surface area contributed by atoms with Crippen LogP contribution >= 0.6 is 0 Å². The largest absolute Gasteiger partial charge is 0.446 e. The second-order valence-corrected chi connectivity index (χ2v) is 10.5. The van der Waals surface area contributed by atoms with Crippen LogP contribution in [0.4, 0.5) is 10.5 Å². The molecular weight excluding hydrogens is 518 g/mol. The summed E-state index contributed by atoms with van der Waals surface area (Å²) < 4.78 is 16.8. The van der Waals surface area contributed by atoms with E-state index in [2.05, 4.69) is 39.8 Å². The third-order valence-electron chi connectivity index (χ3n) is 7.55. The van der Waals surface area contributed by atoms with Gasteiger partial charge in [0.25, 0.3) is 0 Å². The van der Waals surface area contributed by atoms with Crippen molar-refractivity contribution in [3.05, 3.63) is 90.0 Å². The molecule has 0 radical (unpaired) electrons. The second-order valence-electron chi connectivity index (χ2n) is 10.5. The van der Waals surface area contributed by atoms with Gasteiger partial charge < -0.3 is 24.4 Å². The molecule has 0 bridgehead atoms. The minimum Gasteiger partial charge on any atom is -0.446 e. The number of piperidine rings is 1. The Morgan fingerprint density at radius 2 is 1.59 bits per heavy atom. The minimum atomic E-state index is -0.431. The third-order valence-corrected chi connectivity index (χ3v) is 7.55. The minimum absolute atomic E-state index is 0.0747. The normalized spacial score (nSPS) is 16.4. The quantitative estimate of drug-likeness (QED) is 0.301. The molecule has 41 heavy (non-hydrogen) atoms. The van der Waals surface area contributed by atoms with Crippen LogP contribution in [0.5, 0.6) is 0 Å². The van der Waals surface area contributed by atoms with E-state index < -0.39 is 6.09 Å². The van der Waals surface area contributed by atoms with E-state index in [0.717, 1.165) is 61.2 Å². The molecule has 3 aromatic rings. The lowest BCUT2D eigenvalue weighted by Crippen LogP contribution is -2.40. The Balaban J connectivity index is 0.947. The van der Waals surface area contributed by atoms with Gasteiger partial charge in [0.15, 0.2) is 6.29 Å². The van der Waals surface area contributed by atoms with Crippen LogP contribution in [0.25, 0.3) is 11.1 Å². The molecule has 2 aliphatic heterocycles. The van der Waals surface area contributed by atoms with Crippen molar-refractivity contribution in [3.63, 3.8) is 0 Å². The first kappa shape index (κ1) is 28.8. The predicted molar refractivity (Wildman–Crippen MR) is 158 cm³/mol. The van der Waals surface area contributed by atoms with Crippen LogP contribution in [0, 0.1) is 0 Å². The smallest absolute Gasteiger partial charge is 0.411 e. The van der Waals surface area contributed by atoms with Crippen LogP contribution in [-0.4, -0.2) is 62.4 Å². The number of nitrogens with one attached hydrogen (secondary N) is 2. The van der Waals surface area contributed by atoms with Crippen molar-refractivity contribution in [2.45, 2.75) is 44.5 Å². The number of para-hydroxylation sites is 1. The third kappa shape index (κ3) is 8.63. The number of likely N-dealkylation sites (tertiary alicyclic amines) is 1. The summed E-state index contributed by atoms with van der Waals surface area (Å²) in [7, 11) is 0. The van der Waals surface area contributed by atoms with Crippen LogP contribution in [-0.2, 0) is 25.4 Å². The number of carbonyl (C=O) groups is 2. The fourth-order valence-corrected chi connectivity index (χ4v) is 5.26. The molecule has 0 atom stereocenters. The van der Waals surface area contributed by atoms with E-state index in [1.165, 1.54) is 5.56 Å². The first-order valence-electron chi connectivity index (χ1n) is 14.6. The maximum Gasteiger partial charge on any atom is 0.411 e. The highest BCUT2D eigenvalue weighted by molar-refractivity contribution is 5.91. The van der Waals surface area contributed by atoms with Crippen LogP contribution in [0.1, 0.15) is 43.1 Å². The van der Waals surface area contributed by atoms with Gasteiger partial charge in [0.2, 0.25) is 5.91 Å². The average molecular weight is 558 g/mol. The molecule has 0 aromatic heterocycles. The van der Waals surface area contributed by atoms with Crippen LogP contribution in [0.2, 0.25) is 0 Å². The van der Waals surface area contributed by atoms with Crippen molar-refractivity contribution in [3.8, 4) is 11.1 Å². The zero-order valence-electron chi connectivity index (χ0n) is 23.4. The molecule has 2 aliphatic rings. The van der Waals surface area contributed by atoms with E-state index >= 15 is 0 Å².